The Labute approximate surface area is 148 Å². The molecule has 0 atom stereocenters. The zero-order valence-corrected chi connectivity index (χ0v) is 14.7. The second-order valence-electron chi connectivity index (χ2n) is 5.54. The number of aromatic nitrogens is 1. The number of amides is 1. The number of methoxy groups -OCH3 is 2. The number of carbonyl (C=O) groups is 1. The third kappa shape index (κ3) is 6.43. The number of ether oxygens (including phenoxy) is 2. The van der Waals surface area contributed by atoms with E-state index in [9.17, 15) is 4.79 Å². The van der Waals surface area contributed by atoms with E-state index in [4.69, 9.17) is 9.47 Å². The Morgan fingerprint density at radius 1 is 1.08 bits per heavy atom. The van der Waals surface area contributed by atoms with E-state index in [-0.39, 0.29) is 5.91 Å². The summed E-state index contributed by atoms with van der Waals surface area (Å²) >= 11 is 0. The molecule has 2 N–H and O–H groups in total. The smallest absolute Gasteiger partial charge is 0.221 e. The summed E-state index contributed by atoms with van der Waals surface area (Å²) in [5, 5.41) is 6.14. The normalized spacial score (nSPS) is 10.3. The Kier molecular flexibility index (Phi) is 7.72. The van der Waals surface area contributed by atoms with Crippen LogP contribution in [0.4, 0.5) is 0 Å². The van der Waals surface area contributed by atoms with Gasteiger partial charge in [0.15, 0.2) is 11.5 Å². The lowest BCUT2D eigenvalue weighted by Crippen LogP contribution is -2.28. The summed E-state index contributed by atoms with van der Waals surface area (Å²) in [5.41, 5.74) is 2.02. The SMILES string of the molecule is COc1ccc(CCNCCC(=O)NCc2ccccn2)cc1OC. The number of nitrogens with zero attached hydrogens (tertiary/aromatic N) is 1. The van der Waals surface area contributed by atoms with Crippen LogP contribution >= 0.6 is 0 Å². The fraction of sp³-hybridized carbons (Fsp3) is 0.368. The van der Waals surface area contributed by atoms with Crippen LogP contribution in [0.1, 0.15) is 17.7 Å². The number of nitrogens with one attached hydrogen (secondary N) is 2. The molecule has 6 heteroatoms. The minimum absolute atomic E-state index is 0.0178. The van der Waals surface area contributed by atoms with Gasteiger partial charge in [-0.15, -0.1) is 0 Å². The first-order valence-electron chi connectivity index (χ1n) is 8.31. The Balaban J connectivity index is 1.62. The van der Waals surface area contributed by atoms with E-state index in [1.165, 1.54) is 0 Å². The molecule has 0 aliphatic heterocycles. The predicted octanol–water partition coefficient (Wildman–Crippen LogP) is 1.94. The summed E-state index contributed by atoms with van der Waals surface area (Å²) in [7, 11) is 3.25. The summed E-state index contributed by atoms with van der Waals surface area (Å²) < 4.78 is 10.5. The lowest BCUT2D eigenvalue weighted by Gasteiger charge is -2.10. The minimum atomic E-state index is 0.0178. The predicted molar refractivity (Wildman–Crippen MR) is 96.8 cm³/mol. The highest BCUT2D eigenvalue weighted by Crippen LogP contribution is 2.27. The van der Waals surface area contributed by atoms with E-state index < -0.39 is 0 Å². The van der Waals surface area contributed by atoms with Gasteiger partial charge in [-0.25, -0.2) is 0 Å². The summed E-state index contributed by atoms with van der Waals surface area (Å²) in [5.74, 6) is 1.47. The average Bonchev–Trinajstić information content (AvgIpc) is 2.66. The first-order chi connectivity index (χ1) is 12.2. The molecule has 0 saturated heterocycles. The quantitative estimate of drug-likeness (QED) is 0.645. The van der Waals surface area contributed by atoms with Gasteiger partial charge in [-0.2, -0.15) is 0 Å². The lowest BCUT2D eigenvalue weighted by atomic mass is 10.1. The number of hydrogen-bond donors (Lipinski definition) is 2. The van der Waals surface area contributed by atoms with Crippen LogP contribution in [0, 0.1) is 0 Å². The highest BCUT2D eigenvalue weighted by Gasteiger charge is 2.05. The molecule has 6 nitrogen and oxygen atoms in total. The fourth-order valence-electron chi connectivity index (χ4n) is 2.38. The number of pyridine rings is 1. The molecule has 25 heavy (non-hydrogen) atoms. The number of benzene rings is 1. The molecule has 0 radical (unpaired) electrons. The Morgan fingerprint density at radius 2 is 1.92 bits per heavy atom. The molecule has 1 aromatic heterocycles. The van der Waals surface area contributed by atoms with Crippen molar-refractivity contribution < 1.29 is 14.3 Å². The van der Waals surface area contributed by atoms with Crippen molar-refractivity contribution in [2.24, 2.45) is 0 Å². The number of hydrogen-bond acceptors (Lipinski definition) is 5. The van der Waals surface area contributed by atoms with Crippen molar-refractivity contribution in [1.82, 2.24) is 15.6 Å². The minimum Gasteiger partial charge on any atom is -0.493 e. The molecular formula is C19H25N3O3. The topological polar surface area (TPSA) is 72.5 Å². The van der Waals surface area contributed by atoms with Crippen LogP contribution in [0.15, 0.2) is 42.6 Å². The van der Waals surface area contributed by atoms with E-state index in [0.717, 1.165) is 35.7 Å². The molecule has 0 aliphatic carbocycles. The van der Waals surface area contributed by atoms with E-state index in [1.54, 1.807) is 20.4 Å². The van der Waals surface area contributed by atoms with Gasteiger partial charge in [0.2, 0.25) is 5.91 Å². The van der Waals surface area contributed by atoms with Crippen LogP contribution in [0.5, 0.6) is 11.5 Å². The van der Waals surface area contributed by atoms with Crippen LogP contribution in [0.2, 0.25) is 0 Å². The third-order valence-electron chi connectivity index (χ3n) is 3.76. The lowest BCUT2D eigenvalue weighted by molar-refractivity contribution is -0.121. The molecule has 2 rings (SSSR count). The van der Waals surface area contributed by atoms with Crippen LogP contribution in [0.25, 0.3) is 0 Å². The maximum absolute atomic E-state index is 11.8. The number of rotatable bonds is 10. The summed E-state index contributed by atoms with van der Waals surface area (Å²) in [4.78, 5) is 16.0. The van der Waals surface area contributed by atoms with Crippen molar-refractivity contribution in [3.63, 3.8) is 0 Å². The molecule has 1 aromatic carbocycles. The van der Waals surface area contributed by atoms with Gasteiger partial charge in [0.25, 0.3) is 0 Å². The standard InChI is InChI=1S/C19H25N3O3/c1-24-17-7-6-15(13-18(17)25-2)8-11-20-12-9-19(23)22-14-16-5-3-4-10-21-16/h3-7,10,13,20H,8-9,11-12,14H2,1-2H3,(H,22,23). The molecule has 0 unspecified atom stereocenters. The maximum Gasteiger partial charge on any atom is 0.221 e. The highest BCUT2D eigenvalue weighted by molar-refractivity contribution is 5.75. The van der Waals surface area contributed by atoms with Crippen molar-refractivity contribution in [1.29, 1.82) is 0 Å². The van der Waals surface area contributed by atoms with Crippen molar-refractivity contribution in [3.8, 4) is 11.5 Å². The Bertz CT molecular complexity index is 662. The van der Waals surface area contributed by atoms with Gasteiger partial charge in [-0.3, -0.25) is 9.78 Å². The van der Waals surface area contributed by atoms with Crippen LogP contribution < -0.4 is 20.1 Å². The molecule has 134 valence electrons. The van der Waals surface area contributed by atoms with Gasteiger partial charge < -0.3 is 20.1 Å². The molecular weight excluding hydrogens is 318 g/mol. The van der Waals surface area contributed by atoms with Crippen molar-refractivity contribution in [2.75, 3.05) is 27.3 Å². The van der Waals surface area contributed by atoms with E-state index in [0.29, 0.717) is 19.5 Å². The molecule has 0 bridgehead atoms. The zero-order valence-electron chi connectivity index (χ0n) is 14.7. The highest BCUT2D eigenvalue weighted by atomic mass is 16.5. The van der Waals surface area contributed by atoms with Crippen LogP contribution in [-0.2, 0) is 17.8 Å². The Hall–Kier alpha value is -2.60. The molecule has 1 amide bonds. The van der Waals surface area contributed by atoms with Gasteiger partial charge in [-0.1, -0.05) is 12.1 Å². The maximum atomic E-state index is 11.8. The Morgan fingerprint density at radius 3 is 2.64 bits per heavy atom. The molecule has 0 aliphatic rings. The summed E-state index contributed by atoms with van der Waals surface area (Å²) in [6, 6.07) is 11.5. The largest absolute Gasteiger partial charge is 0.493 e. The first kappa shape index (κ1) is 18.7. The van der Waals surface area contributed by atoms with Crippen LogP contribution in [-0.4, -0.2) is 38.2 Å². The van der Waals surface area contributed by atoms with Crippen molar-refractivity contribution in [2.45, 2.75) is 19.4 Å². The third-order valence-corrected chi connectivity index (χ3v) is 3.76. The molecule has 0 spiro atoms. The fourth-order valence-corrected chi connectivity index (χ4v) is 2.38. The summed E-state index contributed by atoms with van der Waals surface area (Å²) in [6.45, 7) is 1.90. The molecule has 2 aromatic rings. The summed E-state index contributed by atoms with van der Waals surface area (Å²) in [6.07, 6.45) is 3.02. The molecule has 0 fully saturated rings. The van der Waals surface area contributed by atoms with E-state index >= 15 is 0 Å². The van der Waals surface area contributed by atoms with Crippen LogP contribution in [0.3, 0.4) is 0 Å². The zero-order chi connectivity index (χ0) is 17.9. The van der Waals surface area contributed by atoms with Gasteiger partial charge in [-0.05, 0) is 42.8 Å². The second kappa shape index (κ2) is 10.3. The van der Waals surface area contributed by atoms with E-state index in [1.807, 2.05) is 36.4 Å². The van der Waals surface area contributed by atoms with Gasteiger partial charge >= 0.3 is 0 Å². The van der Waals surface area contributed by atoms with E-state index in [2.05, 4.69) is 15.6 Å². The van der Waals surface area contributed by atoms with Gasteiger partial charge in [0, 0.05) is 19.2 Å². The second-order valence-corrected chi connectivity index (χ2v) is 5.54. The van der Waals surface area contributed by atoms with Crippen molar-refractivity contribution >= 4 is 5.91 Å². The molecule has 1 heterocycles. The monoisotopic (exact) mass is 343 g/mol. The van der Waals surface area contributed by atoms with Gasteiger partial charge in [0.1, 0.15) is 0 Å². The van der Waals surface area contributed by atoms with Crippen molar-refractivity contribution in [3.05, 3.63) is 53.9 Å². The average molecular weight is 343 g/mol. The number of carbonyl (C=O) groups excluding carboxylic acids is 1. The van der Waals surface area contributed by atoms with Gasteiger partial charge in [0.05, 0.1) is 26.5 Å². The molecule has 0 saturated carbocycles. The first-order valence-corrected chi connectivity index (χ1v) is 8.31.